The Labute approximate surface area is 125 Å². The maximum absolute atomic E-state index is 13.2. The SMILES string of the molecule is O=C(C[C@@H](c1ccc(Cl)cc1)C(F)(F)F)c1ccccc1. The van der Waals surface area contributed by atoms with Crippen molar-refractivity contribution in [3.8, 4) is 0 Å². The van der Waals surface area contributed by atoms with E-state index in [1.807, 2.05) is 0 Å². The lowest BCUT2D eigenvalue weighted by Crippen LogP contribution is -2.23. The minimum absolute atomic E-state index is 0.0381. The second kappa shape index (κ2) is 6.31. The largest absolute Gasteiger partial charge is 0.396 e. The Kier molecular flexibility index (Phi) is 4.68. The molecule has 110 valence electrons. The summed E-state index contributed by atoms with van der Waals surface area (Å²) in [5.74, 6) is -2.37. The first kappa shape index (κ1) is 15.6. The third kappa shape index (κ3) is 4.08. The average molecular weight is 313 g/mol. The standard InChI is InChI=1S/C16H12ClF3O/c17-13-8-6-11(7-9-13)14(16(18,19)20)10-15(21)12-4-2-1-3-5-12/h1-9,14H,10H2/t14-/m0/s1. The number of halogens is 4. The van der Waals surface area contributed by atoms with Gasteiger partial charge >= 0.3 is 6.18 Å². The van der Waals surface area contributed by atoms with Gasteiger partial charge in [-0.1, -0.05) is 54.1 Å². The lowest BCUT2D eigenvalue weighted by atomic mass is 9.91. The summed E-state index contributed by atoms with van der Waals surface area (Å²) in [4.78, 5) is 12.0. The number of rotatable bonds is 4. The minimum Gasteiger partial charge on any atom is -0.294 e. The van der Waals surface area contributed by atoms with E-state index in [0.29, 0.717) is 5.02 Å². The lowest BCUT2D eigenvalue weighted by molar-refractivity contribution is -0.149. The fraction of sp³-hybridized carbons (Fsp3) is 0.188. The summed E-state index contributed by atoms with van der Waals surface area (Å²) in [7, 11) is 0. The number of carbonyl (C=O) groups excluding carboxylic acids is 1. The quantitative estimate of drug-likeness (QED) is 0.704. The molecule has 0 saturated carbocycles. The van der Waals surface area contributed by atoms with Gasteiger partial charge in [-0.25, -0.2) is 0 Å². The number of benzene rings is 2. The van der Waals surface area contributed by atoms with Crippen LogP contribution in [0.1, 0.15) is 28.3 Å². The molecular formula is C16H12ClF3O. The van der Waals surface area contributed by atoms with Gasteiger partial charge in [0.2, 0.25) is 0 Å². The van der Waals surface area contributed by atoms with Gasteiger partial charge < -0.3 is 0 Å². The van der Waals surface area contributed by atoms with Crippen molar-refractivity contribution in [1.82, 2.24) is 0 Å². The van der Waals surface area contributed by atoms with Crippen molar-refractivity contribution in [2.24, 2.45) is 0 Å². The van der Waals surface area contributed by atoms with Crippen LogP contribution in [-0.4, -0.2) is 12.0 Å². The molecule has 0 aliphatic carbocycles. The highest BCUT2D eigenvalue weighted by Crippen LogP contribution is 2.38. The molecule has 2 aromatic carbocycles. The summed E-state index contributed by atoms with van der Waals surface area (Å²) in [6.07, 6.45) is -5.10. The van der Waals surface area contributed by atoms with Gasteiger partial charge in [0, 0.05) is 17.0 Å². The highest BCUT2D eigenvalue weighted by atomic mass is 35.5. The van der Waals surface area contributed by atoms with Crippen molar-refractivity contribution >= 4 is 17.4 Å². The zero-order valence-electron chi connectivity index (χ0n) is 10.9. The lowest BCUT2D eigenvalue weighted by Gasteiger charge is -2.20. The Balaban J connectivity index is 2.26. The van der Waals surface area contributed by atoms with Gasteiger partial charge in [-0.2, -0.15) is 13.2 Å². The number of hydrogen-bond donors (Lipinski definition) is 0. The molecule has 0 saturated heterocycles. The van der Waals surface area contributed by atoms with E-state index in [0.717, 1.165) is 0 Å². The second-order valence-electron chi connectivity index (χ2n) is 4.64. The second-order valence-corrected chi connectivity index (χ2v) is 5.08. The Morgan fingerprint density at radius 1 is 1.00 bits per heavy atom. The molecule has 0 aliphatic rings. The summed E-state index contributed by atoms with van der Waals surface area (Å²) in [5, 5.41) is 0.356. The molecule has 0 fully saturated rings. The molecule has 0 spiro atoms. The summed E-state index contributed by atoms with van der Waals surface area (Å²) < 4.78 is 39.6. The van der Waals surface area contributed by atoms with Crippen molar-refractivity contribution in [3.63, 3.8) is 0 Å². The van der Waals surface area contributed by atoms with E-state index in [1.54, 1.807) is 18.2 Å². The van der Waals surface area contributed by atoms with Gasteiger partial charge in [-0.15, -0.1) is 0 Å². The smallest absolute Gasteiger partial charge is 0.294 e. The molecule has 0 N–H and O–H groups in total. The molecular weight excluding hydrogens is 301 g/mol. The van der Waals surface area contributed by atoms with Gasteiger partial charge in [-0.3, -0.25) is 4.79 Å². The number of ketones is 1. The van der Waals surface area contributed by atoms with Gasteiger partial charge in [0.15, 0.2) is 5.78 Å². The third-order valence-electron chi connectivity index (χ3n) is 3.15. The highest BCUT2D eigenvalue weighted by Gasteiger charge is 2.41. The van der Waals surface area contributed by atoms with Gasteiger partial charge in [-0.05, 0) is 17.7 Å². The zero-order chi connectivity index (χ0) is 15.5. The number of alkyl halides is 3. The summed E-state index contributed by atoms with van der Waals surface area (Å²) in [6.45, 7) is 0. The van der Waals surface area contributed by atoms with E-state index in [1.165, 1.54) is 36.4 Å². The van der Waals surface area contributed by atoms with Crippen LogP contribution in [0, 0.1) is 0 Å². The number of hydrogen-bond acceptors (Lipinski definition) is 1. The molecule has 1 nitrogen and oxygen atoms in total. The molecule has 21 heavy (non-hydrogen) atoms. The molecule has 1 atom stereocenters. The van der Waals surface area contributed by atoms with E-state index in [2.05, 4.69) is 0 Å². The predicted octanol–water partition coefficient (Wildman–Crippen LogP) is 5.26. The van der Waals surface area contributed by atoms with Crippen LogP contribution in [0.3, 0.4) is 0 Å². The van der Waals surface area contributed by atoms with Crippen molar-refractivity contribution in [2.75, 3.05) is 0 Å². The van der Waals surface area contributed by atoms with Crippen LogP contribution in [-0.2, 0) is 0 Å². The molecule has 0 radical (unpaired) electrons. The van der Waals surface area contributed by atoms with Crippen LogP contribution in [0.4, 0.5) is 13.2 Å². The first-order chi connectivity index (χ1) is 9.88. The molecule has 0 amide bonds. The fourth-order valence-electron chi connectivity index (χ4n) is 2.04. The van der Waals surface area contributed by atoms with Crippen LogP contribution in [0.2, 0.25) is 5.02 Å². The van der Waals surface area contributed by atoms with Gasteiger partial charge in [0.05, 0.1) is 5.92 Å². The highest BCUT2D eigenvalue weighted by molar-refractivity contribution is 6.30. The van der Waals surface area contributed by atoms with Crippen LogP contribution in [0.15, 0.2) is 54.6 Å². The predicted molar refractivity (Wildman–Crippen MR) is 75.6 cm³/mol. The normalized spacial score (nSPS) is 13.0. The molecule has 0 aromatic heterocycles. The molecule has 5 heteroatoms. The van der Waals surface area contributed by atoms with Crippen molar-refractivity contribution in [2.45, 2.75) is 18.5 Å². The maximum atomic E-state index is 13.2. The van der Waals surface area contributed by atoms with E-state index < -0.39 is 24.3 Å². The molecule has 0 aliphatic heterocycles. The molecule has 0 unspecified atom stereocenters. The minimum atomic E-state index is -4.49. The Bertz CT molecular complexity index is 606. The van der Waals surface area contributed by atoms with Crippen LogP contribution >= 0.6 is 11.6 Å². The summed E-state index contributed by atoms with van der Waals surface area (Å²) in [6, 6.07) is 13.4. The van der Waals surface area contributed by atoms with E-state index in [-0.39, 0.29) is 11.1 Å². The Hall–Kier alpha value is -1.81. The van der Waals surface area contributed by atoms with Crippen LogP contribution in [0.25, 0.3) is 0 Å². The number of carbonyl (C=O) groups is 1. The Morgan fingerprint density at radius 3 is 2.10 bits per heavy atom. The molecule has 2 aromatic rings. The third-order valence-corrected chi connectivity index (χ3v) is 3.40. The maximum Gasteiger partial charge on any atom is 0.396 e. The topological polar surface area (TPSA) is 17.1 Å². The van der Waals surface area contributed by atoms with Gasteiger partial charge in [0.25, 0.3) is 0 Å². The van der Waals surface area contributed by atoms with Gasteiger partial charge in [0.1, 0.15) is 0 Å². The molecule has 0 heterocycles. The van der Waals surface area contributed by atoms with Crippen LogP contribution < -0.4 is 0 Å². The Morgan fingerprint density at radius 2 is 1.57 bits per heavy atom. The van der Waals surface area contributed by atoms with Crippen molar-refractivity contribution in [1.29, 1.82) is 0 Å². The number of Topliss-reactive ketones (excluding diaryl/α,β-unsaturated/α-hetero) is 1. The van der Waals surface area contributed by atoms with E-state index in [9.17, 15) is 18.0 Å². The van der Waals surface area contributed by atoms with Crippen molar-refractivity contribution in [3.05, 3.63) is 70.7 Å². The van der Waals surface area contributed by atoms with Crippen LogP contribution in [0.5, 0.6) is 0 Å². The fourth-order valence-corrected chi connectivity index (χ4v) is 2.17. The van der Waals surface area contributed by atoms with E-state index in [4.69, 9.17) is 11.6 Å². The van der Waals surface area contributed by atoms with E-state index >= 15 is 0 Å². The molecule has 2 rings (SSSR count). The summed E-state index contributed by atoms with van der Waals surface area (Å²) >= 11 is 5.68. The molecule has 0 bridgehead atoms. The summed E-state index contributed by atoms with van der Waals surface area (Å²) in [5.41, 5.74) is 0.317. The van der Waals surface area contributed by atoms with Crippen molar-refractivity contribution < 1.29 is 18.0 Å². The average Bonchev–Trinajstić information content (AvgIpc) is 2.45. The first-order valence-electron chi connectivity index (χ1n) is 6.28. The first-order valence-corrected chi connectivity index (χ1v) is 6.66. The monoisotopic (exact) mass is 312 g/mol. The zero-order valence-corrected chi connectivity index (χ0v) is 11.7.